The summed E-state index contributed by atoms with van der Waals surface area (Å²) < 4.78 is 5.76. The molecule has 1 aromatic carbocycles. The van der Waals surface area contributed by atoms with Crippen LogP contribution in [0.25, 0.3) is 0 Å². The number of amides is 1. The lowest BCUT2D eigenvalue weighted by atomic mass is 9.54. The van der Waals surface area contributed by atoms with E-state index < -0.39 is 41.0 Å². The van der Waals surface area contributed by atoms with Crippen LogP contribution < -0.4 is 5.32 Å². The van der Waals surface area contributed by atoms with Crippen LogP contribution in [-0.4, -0.2) is 51.7 Å². The fourth-order valence-electron chi connectivity index (χ4n) is 6.25. The molecule has 7 heteroatoms. The molecule has 2 fully saturated rings. The van der Waals surface area contributed by atoms with Crippen molar-refractivity contribution in [1.82, 2.24) is 5.32 Å². The second kappa shape index (κ2) is 9.79. The fourth-order valence-corrected chi connectivity index (χ4v) is 6.25. The molecular formula is C29H35NO6. The Hall–Kier alpha value is -3.03. The number of nitrogens with one attached hydrogen (secondary N) is 1. The van der Waals surface area contributed by atoms with Gasteiger partial charge in [-0.15, -0.1) is 0 Å². The average Bonchev–Trinajstić information content (AvgIpc) is 3.09. The molecule has 8 unspecified atom stereocenters. The molecule has 1 spiro atoms. The predicted molar refractivity (Wildman–Crippen MR) is 134 cm³/mol. The third-order valence-corrected chi connectivity index (χ3v) is 8.04. The molecule has 1 amide bonds. The van der Waals surface area contributed by atoms with Crippen molar-refractivity contribution in [3.63, 3.8) is 0 Å². The Labute approximate surface area is 211 Å². The zero-order valence-electron chi connectivity index (χ0n) is 21.0. The largest absolute Gasteiger partial charge is 0.457 e. The van der Waals surface area contributed by atoms with E-state index in [9.17, 15) is 24.6 Å². The quantitative estimate of drug-likeness (QED) is 0.441. The summed E-state index contributed by atoms with van der Waals surface area (Å²) in [6, 6.07) is 9.50. The first-order chi connectivity index (χ1) is 17.0. The number of esters is 1. The maximum atomic E-state index is 14.0. The van der Waals surface area contributed by atoms with Crippen molar-refractivity contribution >= 4 is 17.7 Å². The SMILES string of the molecule is C=C1CC2C(Cc3ccccc3)NC(=O)C23C(OC(C)=O)/C=C/C(C)(O)C(=O)C(C)C/C=C/C3C1O. The molecule has 3 N–H and O–H groups in total. The number of carbonyl (C=O) groups excluding carboxylic acids is 3. The number of ketones is 1. The number of aliphatic hydroxyl groups is 2. The summed E-state index contributed by atoms with van der Waals surface area (Å²) in [6.07, 6.45) is 5.40. The van der Waals surface area contributed by atoms with Crippen LogP contribution in [0, 0.1) is 23.2 Å². The van der Waals surface area contributed by atoms with Crippen molar-refractivity contribution in [2.45, 2.75) is 63.9 Å². The van der Waals surface area contributed by atoms with E-state index in [4.69, 9.17) is 4.74 Å². The standard InChI is InChI=1S/C29H35NO6/c1-17-9-8-12-21-25(32)18(2)15-22-23(16-20-10-6-5-7-11-20)30-27(34)29(21,22)24(36-19(3)31)13-14-28(4,35)26(17)33/h5-8,10-14,17,21-25,32,35H,2,9,15-16H2,1,3-4H3,(H,30,34)/b12-8+,14-13+. The lowest BCUT2D eigenvalue weighted by Crippen LogP contribution is -2.58. The molecule has 1 saturated heterocycles. The third-order valence-electron chi connectivity index (χ3n) is 8.04. The Morgan fingerprint density at radius 2 is 1.92 bits per heavy atom. The first kappa shape index (κ1) is 26.0. The number of aliphatic hydroxyl groups excluding tert-OH is 1. The summed E-state index contributed by atoms with van der Waals surface area (Å²) in [6.45, 7) is 8.50. The maximum absolute atomic E-state index is 14.0. The number of hydrogen-bond donors (Lipinski definition) is 3. The van der Waals surface area contributed by atoms with E-state index in [1.807, 2.05) is 30.3 Å². The molecule has 1 aromatic rings. The van der Waals surface area contributed by atoms with E-state index in [0.29, 0.717) is 24.8 Å². The van der Waals surface area contributed by atoms with Gasteiger partial charge in [-0.1, -0.05) is 56.0 Å². The zero-order valence-corrected chi connectivity index (χ0v) is 21.0. The Morgan fingerprint density at radius 3 is 2.58 bits per heavy atom. The molecule has 2 aliphatic carbocycles. The van der Waals surface area contributed by atoms with Gasteiger partial charge in [0, 0.05) is 30.7 Å². The average molecular weight is 494 g/mol. The van der Waals surface area contributed by atoms with Crippen molar-refractivity contribution in [3.05, 3.63) is 72.4 Å². The van der Waals surface area contributed by atoms with Gasteiger partial charge in [0.15, 0.2) is 5.78 Å². The van der Waals surface area contributed by atoms with Gasteiger partial charge in [-0.2, -0.15) is 0 Å². The van der Waals surface area contributed by atoms with Crippen LogP contribution in [0.3, 0.4) is 0 Å². The highest BCUT2D eigenvalue weighted by Crippen LogP contribution is 2.56. The number of Topliss-reactive ketones (excluding diaryl/α,β-unsaturated/α-hetero) is 1. The van der Waals surface area contributed by atoms with Gasteiger partial charge < -0.3 is 20.3 Å². The number of carbonyl (C=O) groups is 3. The van der Waals surface area contributed by atoms with Gasteiger partial charge in [0.05, 0.1) is 6.10 Å². The van der Waals surface area contributed by atoms with E-state index in [-0.39, 0.29) is 23.7 Å². The van der Waals surface area contributed by atoms with E-state index in [2.05, 4.69) is 11.9 Å². The number of benzene rings is 1. The molecule has 3 aliphatic rings. The van der Waals surface area contributed by atoms with Gasteiger partial charge in [-0.25, -0.2) is 0 Å². The summed E-state index contributed by atoms with van der Waals surface area (Å²) in [5.41, 5.74) is -1.52. The molecule has 0 radical (unpaired) electrons. The molecule has 8 atom stereocenters. The lowest BCUT2D eigenvalue weighted by Gasteiger charge is -2.49. The van der Waals surface area contributed by atoms with Crippen LogP contribution >= 0.6 is 0 Å². The Morgan fingerprint density at radius 1 is 1.22 bits per heavy atom. The Kier molecular flexibility index (Phi) is 7.08. The summed E-state index contributed by atoms with van der Waals surface area (Å²) in [5.74, 6) is -2.92. The van der Waals surface area contributed by atoms with Crippen LogP contribution in [0.15, 0.2) is 66.8 Å². The summed E-state index contributed by atoms with van der Waals surface area (Å²) in [7, 11) is 0. The van der Waals surface area contributed by atoms with Gasteiger partial charge in [-0.3, -0.25) is 14.4 Å². The van der Waals surface area contributed by atoms with Gasteiger partial charge in [0.2, 0.25) is 5.91 Å². The highest BCUT2D eigenvalue weighted by Gasteiger charge is 2.67. The number of ether oxygens (including phenoxy) is 1. The minimum atomic E-state index is -1.81. The minimum absolute atomic E-state index is 0.294. The van der Waals surface area contributed by atoms with Crippen molar-refractivity contribution in [3.8, 4) is 0 Å². The molecule has 7 nitrogen and oxygen atoms in total. The van der Waals surface area contributed by atoms with E-state index in [1.165, 1.54) is 26.0 Å². The zero-order chi connectivity index (χ0) is 26.3. The Bertz CT molecular complexity index is 1110. The molecule has 36 heavy (non-hydrogen) atoms. The smallest absolute Gasteiger partial charge is 0.303 e. The first-order valence-electron chi connectivity index (χ1n) is 12.5. The van der Waals surface area contributed by atoms with Gasteiger partial charge >= 0.3 is 5.97 Å². The van der Waals surface area contributed by atoms with Crippen molar-refractivity contribution in [2.24, 2.45) is 23.2 Å². The molecule has 1 heterocycles. The predicted octanol–water partition coefficient (Wildman–Crippen LogP) is 2.67. The monoisotopic (exact) mass is 493 g/mol. The van der Waals surface area contributed by atoms with Crippen LogP contribution in [0.2, 0.25) is 0 Å². The molecule has 0 aromatic heterocycles. The van der Waals surface area contributed by atoms with Crippen molar-refractivity contribution in [1.29, 1.82) is 0 Å². The molecule has 1 aliphatic heterocycles. The van der Waals surface area contributed by atoms with Crippen LogP contribution in [-0.2, 0) is 25.5 Å². The number of allylic oxidation sites excluding steroid dienone is 1. The van der Waals surface area contributed by atoms with Crippen LogP contribution in [0.4, 0.5) is 0 Å². The van der Waals surface area contributed by atoms with Crippen molar-refractivity contribution < 1.29 is 29.3 Å². The van der Waals surface area contributed by atoms with Crippen LogP contribution in [0.5, 0.6) is 0 Å². The molecule has 0 bridgehead atoms. The third kappa shape index (κ3) is 4.46. The first-order valence-corrected chi connectivity index (χ1v) is 12.5. The molecule has 4 rings (SSSR count). The highest BCUT2D eigenvalue weighted by atomic mass is 16.5. The Balaban J connectivity index is 1.90. The van der Waals surface area contributed by atoms with Crippen LogP contribution in [0.1, 0.15) is 39.2 Å². The second-order valence-electron chi connectivity index (χ2n) is 10.6. The van der Waals surface area contributed by atoms with Crippen molar-refractivity contribution in [2.75, 3.05) is 0 Å². The van der Waals surface area contributed by atoms with E-state index >= 15 is 0 Å². The van der Waals surface area contributed by atoms with Gasteiger partial charge in [-0.05, 0) is 49.5 Å². The summed E-state index contributed by atoms with van der Waals surface area (Å²) in [5, 5.41) is 25.4. The molecular weight excluding hydrogens is 458 g/mol. The van der Waals surface area contributed by atoms with Gasteiger partial charge in [0.1, 0.15) is 17.1 Å². The second-order valence-corrected chi connectivity index (χ2v) is 10.6. The summed E-state index contributed by atoms with van der Waals surface area (Å²) in [4.78, 5) is 39.2. The van der Waals surface area contributed by atoms with E-state index in [1.54, 1.807) is 19.1 Å². The highest BCUT2D eigenvalue weighted by molar-refractivity contribution is 5.91. The number of hydrogen-bond acceptors (Lipinski definition) is 6. The molecule has 1 saturated carbocycles. The lowest BCUT2D eigenvalue weighted by molar-refractivity contribution is -0.163. The molecule has 192 valence electrons. The maximum Gasteiger partial charge on any atom is 0.303 e. The van der Waals surface area contributed by atoms with Gasteiger partial charge in [0.25, 0.3) is 0 Å². The topological polar surface area (TPSA) is 113 Å². The summed E-state index contributed by atoms with van der Waals surface area (Å²) >= 11 is 0. The normalized spacial score (nSPS) is 40.3. The number of rotatable bonds is 3. The van der Waals surface area contributed by atoms with E-state index in [0.717, 1.165) is 5.56 Å². The minimum Gasteiger partial charge on any atom is -0.457 e. The fraction of sp³-hybridized carbons (Fsp3) is 0.483.